The van der Waals surface area contributed by atoms with Gasteiger partial charge in [0.15, 0.2) is 5.66 Å². The Morgan fingerprint density at radius 2 is 1.90 bits per heavy atom. The molecule has 0 N–H and O–H groups in total. The molecular formula is C24H25N5O. The molecule has 0 radical (unpaired) electrons. The number of fused-ring (bicyclic) bond motifs is 1. The molecule has 0 bridgehead atoms. The van der Waals surface area contributed by atoms with Gasteiger partial charge in [0.1, 0.15) is 6.33 Å². The van der Waals surface area contributed by atoms with Crippen LogP contribution in [0.25, 0.3) is 16.7 Å². The minimum atomic E-state index is -0.415. The highest BCUT2D eigenvalue weighted by molar-refractivity contribution is 5.77. The molecule has 0 spiro atoms. The van der Waals surface area contributed by atoms with E-state index in [9.17, 15) is 4.79 Å². The fourth-order valence-corrected chi connectivity index (χ4v) is 3.67. The molecule has 152 valence electrons. The van der Waals surface area contributed by atoms with E-state index in [4.69, 9.17) is 6.42 Å². The van der Waals surface area contributed by atoms with Crippen LogP contribution >= 0.6 is 0 Å². The first kappa shape index (κ1) is 19.8. The predicted molar refractivity (Wildman–Crippen MR) is 117 cm³/mol. The maximum Gasteiger partial charge on any atom is 0.222 e. The van der Waals surface area contributed by atoms with E-state index in [1.807, 2.05) is 38.5 Å². The summed E-state index contributed by atoms with van der Waals surface area (Å²) in [5.74, 6) is 2.70. The quantitative estimate of drug-likeness (QED) is 0.506. The first-order valence-electron chi connectivity index (χ1n) is 10.2. The SMILES string of the molecule is C#CCCC1(CCC(=O)N(C)C(C)c2ccc(-n3cnc4ccccc43)cc2)N=N1. The Morgan fingerprint density at radius 3 is 2.60 bits per heavy atom. The minimum Gasteiger partial charge on any atom is -0.339 e. The molecule has 1 aliphatic rings. The lowest BCUT2D eigenvalue weighted by Crippen LogP contribution is -2.30. The van der Waals surface area contributed by atoms with Crippen molar-refractivity contribution in [1.82, 2.24) is 14.5 Å². The Labute approximate surface area is 176 Å². The van der Waals surface area contributed by atoms with Crippen LogP contribution in [-0.4, -0.2) is 33.1 Å². The number of hydrogen-bond donors (Lipinski definition) is 0. The van der Waals surface area contributed by atoms with Crippen LogP contribution in [0, 0.1) is 12.3 Å². The number of rotatable bonds is 8. The summed E-state index contributed by atoms with van der Waals surface area (Å²) in [4.78, 5) is 18.9. The van der Waals surface area contributed by atoms with E-state index in [0.29, 0.717) is 19.3 Å². The summed E-state index contributed by atoms with van der Waals surface area (Å²) in [7, 11) is 1.85. The van der Waals surface area contributed by atoms with Crippen molar-refractivity contribution in [3.63, 3.8) is 0 Å². The fraction of sp³-hybridized carbons (Fsp3) is 0.333. The number of nitrogens with zero attached hydrogens (tertiary/aromatic N) is 5. The molecule has 2 aromatic carbocycles. The van der Waals surface area contributed by atoms with Crippen LogP contribution < -0.4 is 0 Å². The van der Waals surface area contributed by atoms with Crippen LogP contribution in [0.15, 0.2) is 65.1 Å². The normalized spacial score (nSPS) is 15.0. The number of para-hydroxylation sites is 2. The second-order valence-corrected chi connectivity index (χ2v) is 7.76. The summed E-state index contributed by atoms with van der Waals surface area (Å²) in [5.41, 5.74) is 3.75. The second-order valence-electron chi connectivity index (χ2n) is 7.76. The van der Waals surface area contributed by atoms with Crippen molar-refractivity contribution in [2.75, 3.05) is 7.05 Å². The van der Waals surface area contributed by atoms with Crippen LogP contribution in [0.2, 0.25) is 0 Å². The number of aromatic nitrogens is 2. The topological polar surface area (TPSA) is 62.9 Å². The molecule has 1 amide bonds. The summed E-state index contributed by atoms with van der Waals surface area (Å²) in [6.07, 6.45) is 9.55. The van der Waals surface area contributed by atoms with E-state index < -0.39 is 5.66 Å². The molecule has 6 nitrogen and oxygen atoms in total. The number of terminal acetylenes is 1. The fourth-order valence-electron chi connectivity index (χ4n) is 3.67. The molecule has 1 aromatic heterocycles. The van der Waals surface area contributed by atoms with Crippen LogP contribution in [0.4, 0.5) is 0 Å². The summed E-state index contributed by atoms with van der Waals surface area (Å²) >= 11 is 0. The number of hydrogen-bond acceptors (Lipinski definition) is 4. The Hall–Kier alpha value is -3.46. The van der Waals surface area contributed by atoms with Crippen LogP contribution in [0.3, 0.4) is 0 Å². The highest BCUT2D eigenvalue weighted by Crippen LogP contribution is 2.38. The molecule has 6 heteroatoms. The smallest absolute Gasteiger partial charge is 0.222 e. The third kappa shape index (κ3) is 3.97. The molecule has 2 heterocycles. The number of imidazole rings is 1. The summed E-state index contributed by atoms with van der Waals surface area (Å²) in [5, 5.41) is 8.23. The zero-order valence-corrected chi connectivity index (χ0v) is 17.3. The van der Waals surface area contributed by atoms with Gasteiger partial charge in [-0.05, 0) is 36.8 Å². The highest BCUT2D eigenvalue weighted by Gasteiger charge is 2.39. The van der Waals surface area contributed by atoms with Crippen LogP contribution in [0.1, 0.15) is 44.2 Å². The van der Waals surface area contributed by atoms with Gasteiger partial charge in [-0.1, -0.05) is 24.3 Å². The number of benzene rings is 2. The largest absolute Gasteiger partial charge is 0.339 e. The van der Waals surface area contributed by atoms with Crippen LogP contribution in [-0.2, 0) is 4.79 Å². The van der Waals surface area contributed by atoms with Crippen molar-refractivity contribution < 1.29 is 4.79 Å². The molecule has 1 aliphatic heterocycles. The molecular weight excluding hydrogens is 374 g/mol. The van der Waals surface area contributed by atoms with Crippen molar-refractivity contribution in [1.29, 1.82) is 0 Å². The Balaban J connectivity index is 1.40. The number of carbonyl (C=O) groups is 1. The second kappa shape index (κ2) is 8.11. The molecule has 30 heavy (non-hydrogen) atoms. The summed E-state index contributed by atoms with van der Waals surface area (Å²) in [6.45, 7) is 2.04. The van der Waals surface area contributed by atoms with Gasteiger partial charge in [-0.2, -0.15) is 10.2 Å². The molecule has 3 aromatic rings. The zero-order chi connectivity index (χ0) is 21.1. The van der Waals surface area contributed by atoms with E-state index in [1.54, 1.807) is 4.90 Å². The molecule has 0 saturated heterocycles. The van der Waals surface area contributed by atoms with E-state index in [-0.39, 0.29) is 11.9 Å². The summed E-state index contributed by atoms with van der Waals surface area (Å²) < 4.78 is 2.07. The number of carbonyl (C=O) groups excluding carboxylic acids is 1. The standard InChI is InChI=1S/C24H25N5O/c1-4-5-15-24(26-27-24)16-14-23(30)28(3)18(2)19-10-12-20(13-11-19)29-17-25-21-8-6-7-9-22(21)29/h1,6-13,17-18H,5,14-16H2,2-3H3. The average molecular weight is 399 g/mol. The molecule has 1 atom stereocenters. The zero-order valence-electron chi connectivity index (χ0n) is 17.3. The van der Waals surface area contributed by atoms with Gasteiger partial charge >= 0.3 is 0 Å². The molecule has 4 rings (SSSR count). The molecule has 1 unspecified atom stereocenters. The van der Waals surface area contributed by atoms with Crippen LogP contribution in [0.5, 0.6) is 0 Å². The van der Waals surface area contributed by atoms with Gasteiger partial charge in [-0.15, -0.1) is 12.3 Å². The first-order chi connectivity index (χ1) is 14.5. The van der Waals surface area contributed by atoms with E-state index in [2.05, 4.69) is 56.0 Å². The van der Waals surface area contributed by atoms with Gasteiger partial charge in [-0.25, -0.2) is 4.98 Å². The van der Waals surface area contributed by atoms with E-state index in [1.165, 1.54) is 0 Å². The lowest BCUT2D eigenvalue weighted by atomic mass is 10.0. The van der Waals surface area contributed by atoms with E-state index >= 15 is 0 Å². The van der Waals surface area contributed by atoms with Gasteiger partial charge in [0.2, 0.25) is 5.91 Å². The lowest BCUT2D eigenvalue weighted by Gasteiger charge is -2.26. The van der Waals surface area contributed by atoms with Gasteiger partial charge in [0.25, 0.3) is 0 Å². The Morgan fingerprint density at radius 1 is 1.17 bits per heavy atom. The summed E-state index contributed by atoms with van der Waals surface area (Å²) in [6, 6.07) is 16.3. The van der Waals surface area contributed by atoms with Gasteiger partial charge < -0.3 is 4.90 Å². The lowest BCUT2D eigenvalue weighted by molar-refractivity contribution is -0.132. The number of amides is 1. The molecule has 0 saturated carbocycles. The van der Waals surface area contributed by atoms with Crippen molar-refractivity contribution in [2.24, 2.45) is 10.2 Å². The van der Waals surface area contributed by atoms with E-state index in [0.717, 1.165) is 28.7 Å². The predicted octanol–water partition coefficient (Wildman–Crippen LogP) is 4.90. The average Bonchev–Trinajstić information content (AvgIpc) is 3.43. The van der Waals surface area contributed by atoms with Gasteiger partial charge in [0, 0.05) is 38.4 Å². The third-order valence-electron chi connectivity index (χ3n) is 5.87. The Bertz CT molecular complexity index is 1120. The van der Waals surface area contributed by atoms with Gasteiger partial charge in [0.05, 0.1) is 17.1 Å². The third-order valence-corrected chi connectivity index (χ3v) is 5.87. The monoisotopic (exact) mass is 399 g/mol. The van der Waals surface area contributed by atoms with Crippen molar-refractivity contribution in [3.05, 3.63) is 60.4 Å². The van der Waals surface area contributed by atoms with Crippen molar-refractivity contribution in [3.8, 4) is 18.0 Å². The highest BCUT2D eigenvalue weighted by atomic mass is 16.2. The first-order valence-corrected chi connectivity index (χ1v) is 10.2. The molecule has 0 aliphatic carbocycles. The van der Waals surface area contributed by atoms with Crippen molar-refractivity contribution >= 4 is 16.9 Å². The van der Waals surface area contributed by atoms with Crippen molar-refractivity contribution in [2.45, 2.75) is 44.3 Å². The maximum absolute atomic E-state index is 12.7. The maximum atomic E-state index is 12.7. The minimum absolute atomic E-state index is 0.0270. The van der Waals surface area contributed by atoms with Gasteiger partial charge in [-0.3, -0.25) is 9.36 Å². The molecule has 0 fully saturated rings. The Kier molecular flexibility index (Phi) is 5.37.